The van der Waals surface area contributed by atoms with Crippen molar-refractivity contribution >= 4 is 32.4 Å². The van der Waals surface area contributed by atoms with Crippen LogP contribution in [0.4, 0.5) is 24.7 Å². The van der Waals surface area contributed by atoms with Gasteiger partial charge in [-0.3, -0.25) is 4.90 Å². The fourth-order valence-corrected chi connectivity index (χ4v) is 6.12. The van der Waals surface area contributed by atoms with E-state index in [9.17, 15) is 21.6 Å². The zero-order valence-electron chi connectivity index (χ0n) is 21.5. The van der Waals surface area contributed by atoms with Crippen LogP contribution in [0.5, 0.6) is 0 Å². The summed E-state index contributed by atoms with van der Waals surface area (Å²) in [5, 5.41) is 4.31. The summed E-state index contributed by atoms with van der Waals surface area (Å²) in [5.74, 6) is 1.31. The predicted molar refractivity (Wildman–Crippen MR) is 144 cm³/mol. The molecule has 4 aromatic rings. The van der Waals surface area contributed by atoms with Crippen LogP contribution in [0.1, 0.15) is 29.9 Å². The molecule has 11 heteroatoms. The van der Waals surface area contributed by atoms with Crippen LogP contribution in [0.25, 0.3) is 10.9 Å². The molecule has 1 aliphatic rings. The second kappa shape index (κ2) is 10.6. The average Bonchev–Trinajstić information content (AvgIpc) is 2.92. The summed E-state index contributed by atoms with van der Waals surface area (Å²) < 4.78 is 66.1. The smallest absolute Gasteiger partial charge is 0.340 e. The first-order valence-electron chi connectivity index (χ1n) is 12.5. The summed E-state index contributed by atoms with van der Waals surface area (Å²) in [6.45, 7) is 5.27. The molecule has 39 heavy (non-hydrogen) atoms. The lowest BCUT2D eigenvalue weighted by Gasteiger charge is -2.37. The number of piperazine rings is 1. The molecule has 0 saturated carbocycles. The maximum absolute atomic E-state index is 13.1. The summed E-state index contributed by atoms with van der Waals surface area (Å²) in [5.41, 5.74) is 1.95. The lowest BCUT2D eigenvalue weighted by molar-refractivity contribution is -0.137. The number of hydrogen-bond donors (Lipinski definition) is 1. The molecule has 1 saturated heterocycles. The zero-order valence-corrected chi connectivity index (χ0v) is 22.3. The van der Waals surface area contributed by atoms with Gasteiger partial charge in [-0.05, 0) is 67.9 Å². The monoisotopic (exact) mass is 555 g/mol. The van der Waals surface area contributed by atoms with E-state index in [1.54, 1.807) is 0 Å². The fourth-order valence-electron chi connectivity index (χ4n) is 4.70. The number of alkyl halides is 3. The molecule has 0 amide bonds. The maximum atomic E-state index is 13.1. The number of aryl methyl sites for hydroxylation is 1. The Morgan fingerprint density at radius 3 is 2.26 bits per heavy atom. The first-order valence-corrected chi connectivity index (χ1v) is 14.0. The third-order valence-corrected chi connectivity index (χ3v) is 8.83. The standard InChI is InChI=1S/C28H28F3N5O2S/c1-19-6-5-7-22(18-19)32-27-24-8-3-4-9-25(24)33-26(34-27)20(2)35-14-16-36(17-15-35)39(37,38)23-12-10-21(11-13-23)28(29,30)31/h3-13,18,20H,14-17H2,1-2H3,(H,32,33,34)/t20-/m0/s1. The van der Waals surface area contributed by atoms with E-state index >= 15 is 0 Å². The van der Waals surface area contributed by atoms with Gasteiger partial charge in [0.15, 0.2) is 0 Å². The molecule has 1 aromatic heterocycles. The Morgan fingerprint density at radius 2 is 1.59 bits per heavy atom. The lowest BCUT2D eigenvalue weighted by atomic mass is 10.1. The number of aromatic nitrogens is 2. The normalized spacial score (nSPS) is 16.3. The molecule has 5 rings (SSSR count). The minimum atomic E-state index is -4.52. The van der Waals surface area contributed by atoms with E-state index in [-0.39, 0.29) is 24.0 Å². The van der Waals surface area contributed by atoms with E-state index < -0.39 is 21.8 Å². The highest BCUT2D eigenvalue weighted by Crippen LogP contribution is 2.31. The molecular formula is C28H28F3N5O2S. The van der Waals surface area contributed by atoms with Crippen molar-refractivity contribution in [2.45, 2.75) is 31.0 Å². The van der Waals surface area contributed by atoms with Crippen LogP contribution < -0.4 is 5.32 Å². The molecule has 1 N–H and O–H groups in total. The molecule has 0 radical (unpaired) electrons. The SMILES string of the molecule is Cc1cccc(Nc2nc([C@H](C)N3CCN(S(=O)(=O)c4ccc(C(F)(F)F)cc4)CC3)nc3ccccc23)c1. The molecule has 1 atom stereocenters. The quantitative estimate of drug-likeness (QED) is 0.326. The third kappa shape index (κ3) is 5.75. The number of para-hydroxylation sites is 1. The van der Waals surface area contributed by atoms with Crippen LogP contribution in [-0.2, 0) is 16.2 Å². The summed E-state index contributed by atoms with van der Waals surface area (Å²) in [6, 6.07) is 19.2. The zero-order chi connectivity index (χ0) is 27.8. The molecule has 7 nitrogen and oxygen atoms in total. The summed E-state index contributed by atoms with van der Waals surface area (Å²) in [6.07, 6.45) is -4.52. The van der Waals surface area contributed by atoms with Crippen LogP contribution in [0.3, 0.4) is 0 Å². The molecule has 0 bridgehead atoms. The van der Waals surface area contributed by atoms with E-state index in [0.29, 0.717) is 24.7 Å². The average molecular weight is 556 g/mol. The Bertz CT molecular complexity index is 1590. The number of nitrogens with one attached hydrogen (secondary N) is 1. The fraction of sp³-hybridized carbons (Fsp3) is 0.286. The number of hydrogen-bond acceptors (Lipinski definition) is 6. The molecule has 0 unspecified atom stereocenters. The van der Waals surface area contributed by atoms with Crippen LogP contribution >= 0.6 is 0 Å². The van der Waals surface area contributed by atoms with Gasteiger partial charge in [-0.15, -0.1) is 0 Å². The second-order valence-electron chi connectivity index (χ2n) is 9.58. The number of halogens is 3. The van der Waals surface area contributed by atoms with Crippen LogP contribution in [-0.4, -0.2) is 53.8 Å². The number of rotatable bonds is 6. The Labute approximate surface area is 225 Å². The van der Waals surface area contributed by atoms with Gasteiger partial charge in [-0.2, -0.15) is 17.5 Å². The Balaban J connectivity index is 1.33. The van der Waals surface area contributed by atoms with Crippen molar-refractivity contribution in [3.63, 3.8) is 0 Å². The van der Waals surface area contributed by atoms with Gasteiger partial charge in [0.1, 0.15) is 11.6 Å². The number of anilines is 2. The number of nitrogens with zero attached hydrogens (tertiary/aromatic N) is 4. The lowest BCUT2D eigenvalue weighted by Crippen LogP contribution is -2.49. The van der Waals surface area contributed by atoms with Crippen molar-refractivity contribution in [2.75, 3.05) is 31.5 Å². The van der Waals surface area contributed by atoms with Crippen LogP contribution in [0, 0.1) is 6.92 Å². The molecule has 0 aliphatic carbocycles. The molecule has 1 fully saturated rings. The van der Waals surface area contributed by atoms with Gasteiger partial charge in [0.05, 0.1) is 22.0 Å². The highest BCUT2D eigenvalue weighted by molar-refractivity contribution is 7.89. The topological polar surface area (TPSA) is 78.4 Å². The van der Waals surface area contributed by atoms with Gasteiger partial charge in [-0.1, -0.05) is 24.3 Å². The van der Waals surface area contributed by atoms with Crippen LogP contribution in [0.15, 0.2) is 77.7 Å². The minimum Gasteiger partial charge on any atom is -0.340 e. The molecule has 1 aliphatic heterocycles. The van der Waals surface area contributed by atoms with Gasteiger partial charge >= 0.3 is 6.18 Å². The van der Waals surface area contributed by atoms with Crippen molar-refractivity contribution < 1.29 is 21.6 Å². The molecule has 2 heterocycles. The number of sulfonamides is 1. The summed E-state index contributed by atoms with van der Waals surface area (Å²) >= 11 is 0. The van der Waals surface area contributed by atoms with E-state index in [2.05, 4.69) is 10.2 Å². The minimum absolute atomic E-state index is 0.151. The first kappa shape index (κ1) is 27.0. The van der Waals surface area contributed by atoms with E-state index in [1.165, 1.54) is 4.31 Å². The van der Waals surface area contributed by atoms with Crippen LogP contribution in [0.2, 0.25) is 0 Å². The Hall–Kier alpha value is -3.54. The summed E-state index contributed by atoms with van der Waals surface area (Å²) in [7, 11) is -3.91. The number of benzene rings is 3. The van der Waals surface area contributed by atoms with Crippen molar-refractivity contribution in [2.24, 2.45) is 0 Å². The van der Waals surface area contributed by atoms with Crippen molar-refractivity contribution in [1.82, 2.24) is 19.2 Å². The van der Waals surface area contributed by atoms with E-state index in [1.807, 2.05) is 62.4 Å². The summed E-state index contributed by atoms with van der Waals surface area (Å²) in [4.78, 5) is 11.6. The molecule has 3 aromatic carbocycles. The predicted octanol–water partition coefficient (Wildman–Crippen LogP) is 5.77. The van der Waals surface area contributed by atoms with Gasteiger partial charge in [0.2, 0.25) is 10.0 Å². The van der Waals surface area contributed by atoms with Crippen molar-refractivity contribution in [3.8, 4) is 0 Å². The number of fused-ring (bicyclic) bond motifs is 1. The van der Waals surface area contributed by atoms with Crippen molar-refractivity contribution in [3.05, 3.63) is 89.7 Å². The van der Waals surface area contributed by atoms with E-state index in [0.717, 1.165) is 46.4 Å². The van der Waals surface area contributed by atoms with Gasteiger partial charge < -0.3 is 5.32 Å². The maximum Gasteiger partial charge on any atom is 0.416 e. The van der Waals surface area contributed by atoms with E-state index in [4.69, 9.17) is 9.97 Å². The van der Waals surface area contributed by atoms with Gasteiger partial charge in [0, 0.05) is 37.3 Å². The van der Waals surface area contributed by atoms with Crippen molar-refractivity contribution in [1.29, 1.82) is 0 Å². The van der Waals surface area contributed by atoms with Gasteiger partial charge in [-0.25, -0.2) is 18.4 Å². The molecule has 0 spiro atoms. The molecule has 204 valence electrons. The Kier molecular flexibility index (Phi) is 7.32. The highest BCUT2D eigenvalue weighted by atomic mass is 32.2. The largest absolute Gasteiger partial charge is 0.416 e. The molecular weight excluding hydrogens is 527 g/mol. The Morgan fingerprint density at radius 1 is 0.897 bits per heavy atom. The van der Waals surface area contributed by atoms with Gasteiger partial charge in [0.25, 0.3) is 0 Å². The first-order chi connectivity index (χ1) is 18.5. The second-order valence-corrected chi connectivity index (χ2v) is 11.5. The third-order valence-electron chi connectivity index (χ3n) is 6.92. The highest BCUT2D eigenvalue weighted by Gasteiger charge is 2.33.